The van der Waals surface area contributed by atoms with Crippen LogP contribution in [0, 0.1) is 11.3 Å². The van der Waals surface area contributed by atoms with E-state index in [-0.39, 0.29) is 0 Å². The molecule has 0 radical (unpaired) electrons. The molecule has 0 atom stereocenters. The van der Waals surface area contributed by atoms with Gasteiger partial charge in [0.1, 0.15) is 11.8 Å². The molecule has 0 unspecified atom stereocenters. The molecule has 16 heavy (non-hydrogen) atoms. The van der Waals surface area contributed by atoms with Gasteiger partial charge in [0.25, 0.3) is 0 Å². The van der Waals surface area contributed by atoms with Crippen molar-refractivity contribution < 1.29 is 0 Å². The topological polar surface area (TPSA) is 39.9 Å². The van der Waals surface area contributed by atoms with E-state index >= 15 is 0 Å². The number of anilines is 1. The Labute approximate surface area is 102 Å². The molecule has 80 valence electrons. The van der Waals surface area contributed by atoms with Crippen LogP contribution in [-0.2, 0) is 0 Å². The second kappa shape index (κ2) is 4.11. The zero-order valence-electron chi connectivity index (χ0n) is 9.03. The summed E-state index contributed by atoms with van der Waals surface area (Å²) < 4.78 is 0.908. The molecule has 0 amide bonds. The lowest BCUT2D eigenvalue weighted by molar-refractivity contribution is 1.13. The van der Waals surface area contributed by atoms with Crippen LogP contribution < -0.4 is 4.90 Å². The summed E-state index contributed by atoms with van der Waals surface area (Å²) in [5, 5.41) is 9.99. The van der Waals surface area contributed by atoms with E-state index in [2.05, 4.69) is 27.0 Å². The number of pyridine rings is 1. The quantitative estimate of drug-likeness (QED) is 0.804. The highest BCUT2D eigenvalue weighted by Crippen LogP contribution is 2.29. The Balaban J connectivity index is 2.89. The van der Waals surface area contributed by atoms with E-state index in [9.17, 15) is 0 Å². The van der Waals surface area contributed by atoms with Gasteiger partial charge < -0.3 is 4.90 Å². The average Bonchev–Trinajstić information content (AvgIpc) is 2.28. The number of fused-ring (bicyclic) bond motifs is 1. The number of benzene rings is 1. The third-order valence-corrected chi connectivity index (χ3v) is 3.00. The van der Waals surface area contributed by atoms with Gasteiger partial charge in [-0.05, 0) is 28.1 Å². The van der Waals surface area contributed by atoms with E-state index in [0.29, 0.717) is 5.69 Å². The predicted octanol–water partition coefficient (Wildman–Crippen LogP) is 2.93. The van der Waals surface area contributed by atoms with Gasteiger partial charge in [-0.25, -0.2) is 4.98 Å². The van der Waals surface area contributed by atoms with Crippen LogP contribution in [0.5, 0.6) is 0 Å². The molecular formula is C12H10BrN3. The first-order valence-electron chi connectivity index (χ1n) is 4.80. The van der Waals surface area contributed by atoms with Crippen LogP contribution in [0.4, 0.5) is 5.69 Å². The Kier molecular flexibility index (Phi) is 2.80. The Morgan fingerprint density at radius 1 is 1.38 bits per heavy atom. The summed E-state index contributed by atoms with van der Waals surface area (Å²) in [6.45, 7) is 0. The number of nitrogens with zero attached hydrogens (tertiary/aromatic N) is 3. The molecule has 0 bridgehead atoms. The molecule has 3 nitrogen and oxygen atoms in total. The standard InChI is InChI=1S/C12H10BrN3/c1-16(2)11-6-8(7-14)15-12-9(11)4-3-5-10(12)13/h3-6H,1-2H3. The summed E-state index contributed by atoms with van der Waals surface area (Å²) in [6, 6.07) is 9.78. The molecule has 0 aliphatic rings. The fourth-order valence-corrected chi connectivity index (χ4v) is 2.08. The zero-order chi connectivity index (χ0) is 11.7. The third-order valence-electron chi connectivity index (χ3n) is 2.36. The Bertz CT molecular complexity index is 585. The first-order valence-corrected chi connectivity index (χ1v) is 5.59. The van der Waals surface area contributed by atoms with Gasteiger partial charge in [-0.1, -0.05) is 12.1 Å². The summed E-state index contributed by atoms with van der Waals surface area (Å²) in [7, 11) is 3.91. The van der Waals surface area contributed by atoms with Gasteiger partial charge in [-0.2, -0.15) is 5.26 Å². The molecule has 0 saturated heterocycles. The molecule has 1 heterocycles. The second-order valence-electron chi connectivity index (χ2n) is 3.67. The summed E-state index contributed by atoms with van der Waals surface area (Å²) in [4.78, 5) is 6.29. The zero-order valence-corrected chi connectivity index (χ0v) is 10.6. The van der Waals surface area contributed by atoms with Crippen molar-refractivity contribution in [2.24, 2.45) is 0 Å². The molecule has 0 spiro atoms. The molecule has 2 rings (SSSR count). The van der Waals surface area contributed by atoms with Crippen molar-refractivity contribution in [1.29, 1.82) is 5.26 Å². The van der Waals surface area contributed by atoms with Crippen LogP contribution in [-0.4, -0.2) is 19.1 Å². The van der Waals surface area contributed by atoms with E-state index in [1.54, 1.807) is 6.07 Å². The first kappa shape index (κ1) is 10.9. The second-order valence-corrected chi connectivity index (χ2v) is 4.52. The molecule has 2 aromatic rings. The maximum Gasteiger partial charge on any atom is 0.143 e. The fraction of sp³-hybridized carbons (Fsp3) is 0.167. The van der Waals surface area contributed by atoms with E-state index in [1.165, 1.54) is 0 Å². The number of hydrogen-bond donors (Lipinski definition) is 0. The van der Waals surface area contributed by atoms with E-state index in [1.807, 2.05) is 37.2 Å². The SMILES string of the molecule is CN(C)c1cc(C#N)nc2c(Br)cccc12. The molecule has 0 aliphatic heterocycles. The third kappa shape index (κ3) is 1.74. The van der Waals surface area contributed by atoms with Crippen molar-refractivity contribution in [3.05, 3.63) is 34.4 Å². The normalized spacial score (nSPS) is 10.1. The molecule has 0 saturated carbocycles. The van der Waals surface area contributed by atoms with Gasteiger partial charge in [0.05, 0.1) is 5.52 Å². The van der Waals surface area contributed by atoms with E-state index < -0.39 is 0 Å². The lowest BCUT2D eigenvalue weighted by Gasteiger charge is -2.15. The minimum Gasteiger partial charge on any atom is -0.377 e. The fourth-order valence-electron chi connectivity index (χ4n) is 1.62. The summed E-state index contributed by atoms with van der Waals surface area (Å²) in [6.07, 6.45) is 0. The monoisotopic (exact) mass is 275 g/mol. The molecule has 0 N–H and O–H groups in total. The van der Waals surface area contributed by atoms with Gasteiger partial charge in [-0.3, -0.25) is 0 Å². The highest BCUT2D eigenvalue weighted by molar-refractivity contribution is 9.10. The van der Waals surface area contributed by atoms with Gasteiger partial charge in [0.2, 0.25) is 0 Å². The Morgan fingerprint density at radius 3 is 2.75 bits per heavy atom. The van der Waals surface area contributed by atoms with E-state index in [4.69, 9.17) is 5.26 Å². The van der Waals surface area contributed by atoms with Crippen LogP contribution in [0.15, 0.2) is 28.7 Å². The maximum atomic E-state index is 8.95. The largest absolute Gasteiger partial charge is 0.377 e. The van der Waals surface area contributed by atoms with Crippen molar-refractivity contribution in [2.45, 2.75) is 0 Å². The van der Waals surface area contributed by atoms with Crippen molar-refractivity contribution in [2.75, 3.05) is 19.0 Å². The summed E-state index contributed by atoms with van der Waals surface area (Å²) in [5.74, 6) is 0. The summed E-state index contributed by atoms with van der Waals surface area (Å²) in [5.41, 5.74) is 2.26. The van der Waals surface area contributed by atoms with Gasteiger partial charge >= 0.3 is 0 Å². The van der Waals surface area contributed by atoms with Crippen molar-refractivity contribution in [3.8, 4) is 6.07 Å². The number of nitriles is 1. The lowest BCUT2D eigenvalue weighted by Crippen LogP contribution is -2.10. The maximum absolute atomic E-state index is 8.95. The molecule has 0 fully saturated rings. The highest BCUT2D eigenvalue weighted by atomic mass is 79.9. The number of aromatic nitrogens is 1. The smallest absolute Gasteiger partial charge is 0.143 e. The predicted molar refractivity (Wildman–Crippen MR) is 68.5 cm³/mol. The van der Waals surface area contributed by atoms with Crippen LogP contribution in [0.3, 0.4) is 0 Å². The first-order chi connectivity index (χ1) is 7.63. The van der Waals surface area contributed by atoms with Crippen LogP contribution >= 0.6 is 15.9 Å². The van der Waals surface area contributed by atoms with Gasteiger partial charge in [0, 0.05) is 29.6 Å². The van der Waals surface area contributed by atoms with Crippen LogP contribution in [0.25, 0.3) is 10.9 Å². The molecular weight excluding hydrogens is 266 g/mol. The number of halogens is 1. The Morgan fingerprint density at radius 2 is 2.12 bits per heavy atom. The van der Waals surface area contributed by atoms with Crippen LogP contribution in [0.1, 0.15) is 5.69 Å². The number of para-hydroxylation sites is 1. The van der Waals surface area contributed by atoms with Crippen molar-refractivity contribution in [3.63, 3.8) is 0 Å². The number of hydrogen-bond acceptors (Lipinski definition) is 3. The lowest BCUT2D eigenvalue weighted by atomic mass is 10.1. The minimum absolute atomic E-state index is 0.433. The highest BCUT2D eigenvalue weighted by Gasteiger charge is 2.09. The molecule has 1 aromatic carbocycles. The summed E-state index contributed by atoms with van der Waals surface area (Å²) >= 11 is 3.45. The number of rotatable bonds is 1. The molecule has 4 heteroatoms. The van der Waals surface area contributed by atoms with Gasteiger partial charge in [0.15, 0.2) is 0 Å². The van der Waals surface area contributed by atoms with E-state index in [0.717, 1.165) is 21.1 Å². The van der Waals surface area contributed by atoms with Crippen molar-refractivity contribution >= 4 is 32.5 Å². The Hall–Kier alpha value is -1.60. The minimum atomic E-state index is 0.433. The average molecular weight is 276 g/mol. The van der Waals surface area contributed by atoms with Crippen molar-refractivity contribution in [1.82, 2.24) is 4.98 Å². The van der Waals surface area contributed by atoms with Crippen LogP contribution in [0.2, 0.25) is 0 Å². The molecule has 0 aliphatic carbocycles. The molecule has 1 aromatic heterocycles. The van der Waals surface area contributed by atoms with Gasteiger partial charge in [-0.15, -0.1) is 0 Å².